The number of benzene rings is 1. The lowest BCUT2D eigenvalue weighted by atomic mass is 10.2. The Balaban J connectivity index is 2.01. The lowest BCUT2D eigenvalue weighted by molar-refractivity contribution is -0.143. The van der Waals surface area contributed by atoms with Gasteiger partial charge in [0.15, 0.2) is 11.5 Å². The normalized spacial score (nSPS) is 11.4. The van der Waals surface area contributed by atoms with Gasteiger partial charge >= 0.3 is 6.18 Å². The summed E-state index contributed by atoms with van der Waals surface area (Å²) in [5, 5.41) is 13.4. The molecule has 12 heteroatoms. The number of carbonyl (C=O) groups excluding carboxylic acids is 1. The van der Waals surface area contributed by atoms with Crippen LogP contribution in [-0.4, -0.2) is 33.0 Å². The maximum Gasteiger partial charge on any atom is 0.434 e. The van der Waals surface area contributed by atoms with E-state index in [1.54, 1.807) is 6.07 Å². The van der Waals surface area contributed by atoms with Gasteiger partial charge in [-0.1, -0.05) is 27.5 Å². The lowest BCUT2D eigenvalue weighted by Crippen LogP contribution is -2.21. The summed E-state index contributed by atoms with van der Waals surface area (Å²) in [4.78, 5) is 12.5. The third-order valence-corrected chi connectivity index (χ3v) is 4.32. The number of ether oxygens (including phenoxy) is 1. The predicted molar refractivity (Wildman–Crippen MR) is 97.8 cm³/mol. The molecule has 0 bridgehead atoms. The van der Waals surface area contributed by atoms with E-state index in [0.29, 0.717) is 9.15 Å². The second kappa shape index (κ2) is 7.76. The van der Waals surface area contributed by atoms with Gasteiger partial charge in [-0.3, -0.25) is 4.79 Å². The first-order valence-electron chi connectivity index (χ1n) is 7.50. The smallest absolute Gasteiger partial charge is 0.434 e. The first kappa shape index (κ1) is 20.1. The van der Waals surface area contributed by atoms with Crippen molar-refractivity contribution in [3.63, 3.8) is 0 Å². The Bertz CT molecular complexity index is 1020. The second-order valence-electron chi connectivity index (χ2n) is 5.33. The molecule has 1 amide bonds. The Labute approximate surface area is 169 Å². The van der Waals surface area contributed by atoms with Crippen LogP contribution in [0.1, 0.15) is 16.1 Å². The third-order valence-electron chi connectivity index (χ3n) is 3.51. The van der Waals surface area contributed by atoms with Crippen molar-refractivity contribution in [1.29, 1.82) is 0 Å². The van der Waals surface area contributed by atoms with E-state index in [-0.39, 0.29) is 22.4 Å². The zero-order chi connectivity index (χ0) is 20.5. The quantitative estimate of drug-likeness (QED) is 0.605. The van der Waals surface area contributed by atoms with Gasteiger partial charge in [0.1, 0.15) is 0 Å². The molecule has 0 fully saturated rings. The summed E-state index contributed by atoms with van der Waals surface area (Å²) in [6, 6.07) is 7.10. The number of amides is 1. The molecule has 0 aliphatic carbocycles. The molecule has 146 valence electrons. The molecular weight excluding hydrogens is 467 g/mol. The molecule has 1 aromatic carbocycles. The zero-order valence-corrected chi connectivity index (χ0v) is 16.3. The summed E-state index contributed by atoms with van der Waals surface area (Å²) in [5.41, 5.74) is -1.83. The van der Waals surface area contributed by atoms with Crippen molar-refractivity contribution in [3.05, 3.63) is 57.3 Å². The van der Waals surface area contributed by atoms with Gasteiger partial charge in [0.05, 0.1) is 29.6 Å². The first-order chi connectivity index (χ1) is 13.2. The fourth-order valence-corrected chi connectivity index (χ4v) is 3.00. The number of hydrogen-bond acceptors (Lipinski definition) is 5. The Hall–Kier alpha value is -2.66. The molecule has 2 aromatic heterocycles. The number of rotatable bonds is 4. The number of nitrogens with zero attached hydrogens (tertiary/aromatic N) is 4. The van der Waals surface area contributed by atoms with Crippen molar-refractivity contribution < 1.29 is 22.7 Å². The molecule has 28 heavy (non-hydrogen) atoms. The molecule has 0 unspecified atom stereocenters. The number of nitrogens with one attached hydrogen (secondary N) is 1. The highest BCUT2D eigenvalue weighted by molar-refractivity contribution is 9.10. The minimum absolute atomic E-state index is 0.118. The van der Waals surface area contributed by atoms with Crippen molar-refractivity contribution in [2.75, 3.05) is 12.4 Å². The van der Waals surface area contributed by atoms with Gasteiger partial charge in [-0.15, -0.1) is 10.2 Å². The van der Waals surface area contributed by atoms with E-state index in [4.69, 9.17) is 16.3 Å². The Morgan fingerprint density at radius 1 is 1.25 bits per heavy atom. The number of alkyl halides is 3. The first-order valence-corrected chi connectivity index (χ1v) is 8.67. The predicted octanol–water partition coefficient (Wildman–Crippen LogP) is 4.36. The van der Waals surface area contributed by atoms with Crippen LogP contribution < -0.4 is 10.1 Å². The average Bonchev–Trinajstić information content (AvgIpc) is 3.10. The van der Waals surface area contributed by atoms with Gasteiger partial charge in [-0.2, -0.15) is 18.3 Å². The molecule has 0 spiro atoms. The van der Waals surface area contributed by atoms with Gasteiger partial charge in [0.2, 0.25) is 5.88 Å². The van der Waals surface area contributed by atoms with Crippen LogP contribution in [0.25, 0.3) is 5.82 Å². The number of aromatic nitrogens is 4. The Morgan fingerprint density at radius 2 is 2.00 bits per heavy atom. The standard InChI is InChI=1S/C16H10BrClF3N5O2/c1-28-13-5-4-12(24-25-13)26-14(16(19,20)21)9(7-22-26)15(27)23-11-3-2-8(17)6-10(11)18/h2-7H,1H3,(H,23,27). The molecule has 1 N–H and O–H groups in total. The van der Waals surface area contributed by atoms with E-state index >= 15 is 0 Å². The van der Waals surface area contributed by atoms with Gasteiger partial charge in [0.25, 0.3) is 5.91 Å². The van der Waals surface area contributed by atoms with Crippen molar-refractivity contribution in [1.82, 2.24) is 20.0 Å². The number of anilines is 1. The molecule has 0 radical (unpaired) electrons. The fourth-order valence-electron chi connectivity index (χ4n) is 2.28. The number of halogens is 5. The van der Waals surface area contributed by atoms with Crippen LogP contribution in [-0.2, 0) is 6.18 Å². The maximum atomic E-state index is 13.7. The fraction of sp³-hybridized carbons (Fsp3) is 0.125. The summed E-state index contributed by atoms with van der Waals surface area (Å²) in [6.45, 7) is 0. The highest BCUT2D eigenvalue weighted by atomic mass is 79.9. The van der Waals surface area contributed by atoms with Crippen molar-refractivity contribution >= 4 is 39.1 Å². The van der Waals surface area contributed by atoms with E-state index < -0.39 is 23.3 Å². The van der Waals surface area contributed by atoms with Gasteiger partial charge < -0.3 is 10.1 Å². The van der Waals surface area contributed by atoms with Gasteiger partial charge in [0, 0.05) is 10.5 Å². The van der Waals surface area contributed by atoms with Crippen LogP contribution >= 0.6 is 27.5 Å². The molecule has 3 aromatic rings. The van der Waals surface area contributed by atoms with Crippen LogP contribution in [0.15, 0.2) is 41.0 Å². The summed E-state index contributed by atoms with van der Waals surface area (Å²) in [6.07, 6.45) is -4.08. The minimum Gasteiger partial charge on any atom is -0.480 e. The summed E-state index contributed by atoms with van der Waals surface area (Å²) in [5.74, 6) is -1.13. The Morgan fingerprint density at radius 3 is 2.57 bits per heavy atom. The van der Waals surface area contributed by atoms with E-state index in [1.165, 1.54) is 31.4 Å². The third kappa shape index (κ3) is 4.09. The van der Waals surface area contributed by atoms with E-state index in [0.717, 1.165) is 6.20 Å². The van der Waals surface area contributed by atoms with Crippen molar-refractivity contribution in [2.45, 2.75) is 6.18 Å². The molecule has 0 saturated heterocycles. The van der Waals surface area contributed by atoms with E-state index in [2.05, 4.69) is 36.5 Å². The topological polar surface area (TPSA) is 81.9 Å². The summed E-state index contributed by atoms with van der Waals surface area (Å²) in [7, 11) is 1.34. The van der Waals surface area contributed by atoms with Crippen molar-refractivity contribution in [3.8, 4) is 11.7 Å². The molecule has 7 nitrogen and oxygen atoms in total. The van der Waals surface area contributed by atoms with Crippen LogP contribution in [0, 0.1) is 0 Å². The highest BCUT2D eigenvalue weighted by Crippen LogP contribution is 2.34. The summed E-state index contributed by atoms with van der Waals surface area (Å²) >= 11 is 9.21. The second-order valence-corrected chi connectivity index (χ2v) is 6.65. The molecule has 0 atom stereocenters. The molecule has 0 aliphatic heterocycles. The molecular formula is C16H10BrClF3N5O2. The monoisotopic (exact) mass is 475 g/mol. The number of methoxy groups -OCH3 is 1. The van der Waals surface area contributed by atoms with Crippen LogP contribution in [0.5, 0.6) is 5.88 Å². The zero-order valence-electron chi connectivity index (χ0n) is 14.0. The summed E-state index contributed by atoms with van der Waals surface area (Å²) < 4.78 is 46.9. The van der Waals surface area contributed by atoms with Crippen LogP contribution in [0.4, 0.5) is 18.9 Å². The van der Waals surface area contributed by atoms with Crippen LogP contribution in [0.3, 0.4) is 0 Å². The molecule has 2 heterocycles. The van der Waals surface area contributed by atoms with Gasteiger partial charge in [-0.25, -0.2) is 4.68 Å². The number of hydrogen-bond donors (Lipinski definition) is 1. The van der Waals surface area contributed by atoms with E-state index in [1.807, 2.05) is 0 Å². The van der Waals surface area contributed by atoms with Gasteiger partial charge in [-0.05, 0) is 24.3 Å². The molecule has 3 rings (SSSR count). The van der Waals surface area contributed by atoms with Crippen molar-refractivity contribution in [2.24, 2.45) is 0 Å². The minimum atomic E-state index is -4.88. The largest absolute Gasteiger partial charge is 0.480 e. The SMILES string of the molecule is COc1ccc(-n2ncc(C(=O)Nc3ccc(Br)cc3Cl)c2C(F)(F)F)nn1. The maximum absolute atomic E-state index is 13.7. The number of carbonyl (C=O) groups is 1. The Kier molecular flexibility index (Phi) is 5.57. The van der Waals surface area contributed by atoms with Crippen LogP contribution in [0.2, 0.25) is 5.02 Å². The van der Waals surface area contributed by atoms with E-state index in [9.17, 15) is 18.0 Å². The molecule has 0 aliphatic rings. The average molecular weight is 477 g/mol. The lowest BCUT2D eigenvalue weighted by Gasteiger charge is -2.12. The highest BCUT2D eigenvalue weighted by Gasteiger charge is 2.41. The molecule has 0 saturated carbocycles.